The number of aromatic nitrogens is 1. The van der Waals surface area contributed by atoms with Crippen molar-refractivity contribution in [1.29, 1.82) is 0 Å². The highest BCUT2D eigenvalue weighted by Gasteiger charge is 2.23. The number of amides is 1. The van der Waals surface area contributed by atoms with Gasteiger partial charge in [-0.25, -0.2) is 8.42 Å². The Morgan fingerprint density at radius 3 is 2.67 bits per heavy atom. The van der Waals surface area contributed by atoms with Crippen molar-refractivity contribution in [3.8, 4) is 0 Å². The van der Waals surface area contributed by atoms with Crippen molar-refractivity contribution in [3.05, 3.63) is 11.8 Å². The van der Waals surface area contributed by atoms with Crippen LogP contribution in [-0.4, -0.2) is 38.3 Å². The molecule has 0 atom stereocenters. The van der Waals surface area contributed by atoms with Crippen molar-refractivity contribution in [1.82, 2.24) is 10.5 Å². The first kappa shape index (κ1) is 15.8. The third kappa shape index (κ3) is 4.45. The van der Waals surface area contributed by atoms with Crippen LogP contribution in [0.15, 0.2) is 10.6 Å². The van der Waals surface area contributed by atoms with Crippen LogP contribution in [0.1, 0.15) is 37.9 Å². The molecule has 0 aliphatic heterocycles. The second-order valence-corrected chi connectivity index (χ2v) is 7.34. The van der Waals surface area contributed by atoms with Crippen LogP contribution in [0.5, 0.6) is 0 Å². The molecule has 1 fully saturated rings. The van der Waals surface area contributed by atoms with E-state index >= 15 is 0 Å². The first-order chi connectivity index (χ1) is 9.86. The first-order valence-corrected chi connectivity index (χ1v) is 8.91. The molecule has 118 valence electrons. The van der Waals surface area contributed by atoms with Crippen LogP contribution in [0.25, 0.3) is 0 Å². The van der Waals surface area contributed by atoms with Gasteiger partial charge in [0.2, 0.25) is 15.9 Å². The molecule has 1 aromatic heterocycles. The summed E-state index contributed by atoms with van der Waals surface area (Å²) < 4.78 is 29.6. The Hall–Kier alpha value is -1.57. The van der Waals surface area contributed by atoms with Crippen molar-refractivity contribution in [2.45, 2.75) is 45.1 Å². The highest BCUT2D eigenvalue weighted by Crippen LogP contribution is 2.19. The minimum atomic E-state index is -3.50. The van der Waals surface area contributed by atoms with Crippen LogP contribution in [0, 0.1) is 6.92 Å². The van der Waals surface area contributed by atoms with Crippen molar-refractivity contribution >= 4 is 21.7 Å². The summed E-state index contributed by atoms with van der Waals surface area (Å²) in [6.07, 6.45) is 5.48. The third-order valence-electron chi connectivity index (χ3n) is 3.53. The van der Waals surface area contributed by atoms with Crippen molar-refractivity contribution < 1.29 is 17.7 Å². The summed E-state index contributed by atoms with van der Waals surface area (Å²) in [6.45, 7) is 1.74. The van der Waals surface area contributed by atoms with Gasteiger partial charge < -0.3 is 9.84 Å². The molecule has 21 heavy (non-hydrogen) atoms. The average molecular weight is 315 g/mol. The Balaban J connectivity index is 1.95. The predicted octanol–water partition coefficient (Wildman–Crippen LogP) is 1.20. The van der Waals surface area contributed by atoms with E-state index in [1.807, 2.05) is 0 Å². The molecule has 1 saturated carbocycles. The Kier molecular flexibility index (Phi) is 4.87. The molecular formula is C13H21N3O4S. The van der Waals surface area contributed by atoms with E-state index in [0.29, 0.717) is 5.76 Å². The SMILES string of the molecule is Cc1cc(N(CCC(=O)NC2CCCC2)S(C)(=O)=O)no1. The minimum absolute atomic E-state index is 0.0589. The zero-order valence-electron chi connectivity index (χ0n) is 12.3. The molecule has 1 heterocycles. The number of nitrogens with one attached hydrogen (secondary N) is 1. The fourth-order valence-electron chi connectivity index (χ4n) is 2.49. The number of aryl methyl sites for hydroxylation is 1. The lowest BCUT2D eigenvalue weighted by Gasteiger charge is -2.19. The van der Waals surface area contributed by atoms with Gasteiger partial charge in [-0.15, -0.1) is 0 Å². The summed E-state index contributed by atoms with van der Waals surface area (Å²) in [4.78, 5) is 11.9. The zero-order chi connectivity index (χ0) is 15.5. The van der Waals surface area contributed by atoms with Gasteiger partial charge in [0.05, 0.1) is 6.26 Å². The Morgan fingerprint density at radius 1 is 1.48 bits per heavy atom. The number of carbonyl (C=O) groups excluding carboxylic acids is 1. The average Bonchev–Trinajstić information content (AvgIpc) is 3.00. The molecule has 0 unspecified atom stereocenters. The van der Waals surface area contributed by atoms with Gasteiger partial charge in [0, 0.05) is 25.1 Å². The second kappa shape index (κ2) is 6.46. The van der Waals surface area contributed by atoms with Crippen LogP contribution >= 0.6 is 0 Å². The molecule has 0 aromatic carbocycles. The molecule has 0 saturated heterocycles. The van der Waals surface area contributed by atoms with Crippen LogP contribution in [0.4, 0.5) is 5.82 Å². The van der Waals surface area contributed by atoms with E-state index in [1.54, 1.807) is 6.92 Å². The standard InChI is InChI=1S/C13H21N3O4S/c1-10-9-12(15-20-10)16(21(2,18)19)8-7-13(17)14-11-5-3-4-6-11/h9,11H,3-8H2,1-2H3,(H,14,17). The number of hydrogen-bond acceptors (Lipinski definition) is 5. The number of anilines is 1. The van der Waals surface area contributed by atoms with E-state index in [4.69, 9.17) is 4.52 Å². The minimum Gasteiger partial charge on any atom is -0.360 e. The van der Waals surface area contributed by atoms with Crippen molar-refractivity contribution in [2.24, 2.45) is 0 Å². The first-order valence-electron chi connectivity index (χ1n) is 7.06. The smallest absolute Gasteiger partial charge is 0.233 e. The van der Waals surface area contributed by atoms with E-state index < -0.39 is 10.0 Å². The fraction of sp³-hybridized carbons (Fsp3) is 0.692. The van der Waals surface area contributed by atoms with Crippen LogP contribution in [-0.2, 0) is 14.8 Å². The molecule has 7 nitrogen and oxygen atoms in total. The third-order valence-corrected chi connectivity index (χ3v) is 4.70. The van der Waals surface area contributed by atoms with Gasteiger partial charge in [0.15, 0.2) is 5.82 Å². The van der Waals surface area contributed by atoms with Gasteiger partial charge >= 0.3 is 0 Å². The highest BCUT2D eigenvalue weighted by atomic mass is 32.2. The molecule has 1 N–H and O–H groups in total. The summed E-state index contributed by atoms with van der Waals surface area (Å²) in [5.74, 6) is 0.605. The molecule has 0 radical (unpaired) electrons. The maximum atomic E-state index is 11.9. The van der Waals surface area contributed by atoms with Gasteiger partial charge in [-0.3, -0.25) is 9.10 Å². The van der Waals surface area contributed by atoms with Gasteiger partial charge in [0.25, 0.3) is 0 Å². The number of carbonyl (C=O) groups is 1. The fourth-order valence-corrected chi connectivity index (χ4v) is 3.34. The molecule has 1 aromatic rings. The molecular weight excluding hydrogens is 294 g/mol. The van der Waals surface area contributed by atoms with E-state index in [-0.39, 0.29) is 30.7 Å². The van der Waals surface area contributed by atoms with Gasteiger partial charge in [-0.2, -0.15) is 0 Å². The summed E-state index contributed by atoms with van der Waals surface area (Å²) in [6, 6.07) is 1.77. The highest BCUT2D eigenvalue weighted by molar-refractivity contribution is 7.92. The topological polar surface area (TPSA) is 92.5 Å². The lowest BCUT2D eigenvalue weighted by Crippen LogP contribution is -2.37. The zero-order valence-corrected chi connectivity index (χ0v) is 13.1. The van der Waals surface area contributed by atoms with Crippen molar-refractivity contribution in [3.63, 3.8) is 0 Å². The Morgan fingerprint density at radius 2 is 2.14 bits per heavy atom. The lowest BCUT2D eigenvalue weighted by atomic mass is 10.2. The largest absolute Gasteiger partial charge is 0.360 e. The summed E-state index contributed by atoms with van der Waals surface area (Å²) >= 11 is 0. The Labute approximate surface area is 124 Å². The maximum Gasteiger partial charge on any atom is 0.233 e. The second-order valence-electron chi connectivity index (χ2n) is 5.43. The lowest BCUT2D eigenvalue weighted by molar-refractivity contribution is -0.121. The summed E-state index contributed by atoms with van der Waals surface area (Å²) in [5, 5.41) is 6.64. The summed E-state index contributed by atoms with van der Waals surface area (Å²) in [7, 11) is -3.50. The Bertz CT molecular complexity index is 590. The van der Waals surface area contributed by atoms with Crippen LogP contribution in [0.2, 0.25) is 0 Å². The van der Waals surface area contributed by atoms with Crippen molar-refractivity contribution in [2.75, 3.05) is 17.1 Å². The molecule has 2 rings (SSSR count). The van der Waals surface area contributed by atoms with E-state index in [1.165, 1.54) is 6.07 Å². The molecule has 0 spiro atoms. The maximum absolute atomic E-state index is 11.9. The predicted molar refractivity (Wildman–Crippen MR) is 78.4 cm³/mol. The molecule has 1 aliphatic rings. The molecule has 1 amide bonds. The van der Waals surface area contributed by atoms with E-state index in [0.717, 1.165) is 36.2 Å². The molecule has 8 heteroatoms. The number of nitrogens with zero attached hydrogens (tertiary/aromatic N) is 2. The van der Waals surface area contributed by atoms with Crippen LogP contribution in [0.3, 0.4) is 0 Å². The molecule has 1 aliphatic carbocycles. The van der Waals surface area contributed by atoms with Gasteiger partial charge in [-0.05, 0) is 19.8 Å². The number of sulfonamides is 1. The normalized spacial score (nSPS) is 16.1. The van der Waals surface area contributed by atoms with E-state index in [2.05, 4.69) is 10.5 Å². The van der Waals surface area contributed by atoms with Crippen LogP contribution < -0.4 is 9.62 Å². The monoisotopic (exact) mass is 315 g/mol. The van der Waals surface area contributed by atoms with Gasteiger partial charge in [-0.1, -0.05) is 18.0 Å². The van der Waals surface area contributed by atoms with E-state index in [9.17, 15) is 13.2 Å². The quantitative estimate of drug-likeness (QED) is 0.851. The number of rotatable bonds is 6. The molecule has 0 bridgehead atoms. The van der Waals surface area contributed by atoms with Gasteiger partial charge in [0.1, 0.15) is 5.76 Å². The summed E-state index contributed by atoms with van der Waals surface area (Å²) in [5.41, 5.74) is 0. The number of hydrogen-bond donors (Lipinski definition) is 1.